The molecular weight excluding hydrogens is 294 g/mol. The molecule has 0 aromatic heterocycles. The van der Waals surface area contributed by atoms with Crippen LogP contribution in [0.25, 0.3) is 0 Å². The van der Waals surface area contributed by atoms with Crippen molar-refractivity contribution in [3.05, 3.63) is 29.3 Å². The van der Waals surface area contributed by atoms with E-state index in [1.54, 1.807) is 0 Å². The lowest BCUT2D eigenvalue weighted by Gasteiger charge is -2.54. The third kappa shape index (κ3) is 3.35. The van der Waals surface area contributed by atoms with Crippen molar-refractivity contribution in [1.29, 1.82) is 0 Å². The maximum atomic E-state index is 9.93. The van der Waals surface area contributed by atoms with Gasteiger partial charge in [-0.3, -0.25) is 4.90 Å². The van der Waals surface area contributed by atoms with Crippen LogP contribution in [0, 0.1) is 5.92 Å². The van der Waals surface area contributed by atoms with Crippen molar-refractivity contribution in [2.75, 3.05) is 13.1 Å². The minimum absolute atomic E-state index is 0.231. The third-order valence-corrected chi connectivity index (χ3v) is 6.91. The predicted octanol–water partition coefficient (Wildman–Crippen LogP) is 5.28. The Morgan fingerprint density at radius 3 is 2.71 bits per heavy atom. The first-order valence-corrected chi connectivity index (χ1v) is 10.1. The lowest BCUT2D eigenvalue weighted by Crippen LogP contribution is -2.58. The van der Waals surface area contributed by atoms with Gasteiger partial charge in [-0.2, -0.15) is 0 Å². The smallest absolute Gasteiger partial charge is 0.115 e. The van der Waals surface area contributed by atoms with Crippen LogP contribution in [-0.4, -0.2) is 29.1 Å². The summed E-state index contributed by atoms with van der Waals surface area (Å²) in [5.41, 5.74) is 3.10. The van der Waals surface area contributed by atoms with Crippen molar-refractivity contribution in [1.82, 2.24) is 4.90 Å². The summed E-state index contributed by atoms with van der Waals surface area (Å²) in [4.78, 5) is 2.77. The van der Waals surface area contributed by atoms with Gasteiger partial charge in [0, 0.05) is 6.04 Å². The molecule has 0 spiro atoms. The highest BCUT2D eigenvalue weighted by atomic mass is 16.3. The van der Waals surface area contributed by atoms with Gasteiger partial charge in [-0.25, -0.2) is 0 Å². The maximum absolute atomic E-state index is 9.93. The van der Waals surface area contributed by atoms with Gasteiger partial charge in [-0.15, -0.1) is 0 Å². The molecule has 1 aliphatic carbocycles. The zero-order valence-electron chi connectivity index (χ0n) is 15.9. The van der Waals surface area contributed by atoms with Crippen LogP contribution < -0.4 is 0 Å². The fourth-order valence-electron chi connectivity index (χ4n) is 5.07. The normalized spacial score (nSPS) is 29.5. The Kier molecular flexibility index (Phi) is 5.54. The van der Waals surface area contributed by atoms with Crippen molar-refractivity contribution in [2.24, 2.45) is 5.92 Å². The standard InChI is InChI=1S/C22H35NO/c1-4-5-6-7-8-9-13-23-14-12-22(3)17(2)21(23)15-18-10-11-19(24)16-20(18)22/h10-11,16-17,21,24H,4-9,12-15H2,1-3H3/t17-,21-,22-/m1/s1. The fourth-order valence-corrected chi connectivity index (χ4v) is 5.07. The van der Waals surface area contributed by atoms with Gasteiger partial charge in [0.15, 0.2) is 0 Å². The Morgan fingerprint density at radius 2 is 1.92 bits per heavy atom. The second-order valence-electron chi connectivity index (χ2n) is 8.37. The number of nitrogens with zero attached hydrogens (tertiary/aromatic N) is 1. The van der Waals surface area contributed by atoms with Crippen LogP contribution in [0.15, 0.2) is 18.2 Å². The summed E-state index contributed by atoms with van der Waals surface area (Å²) in [6.07, 6.45) is 10.7. The largest absolute Gasteiger partial charge is 0.508 e. The average molecular weight is 330 g/mol. The number of phenolic OH excluding ortho intramolecular Hbond substituents is 1. The van der Waals surface area contributed by atoms with E-state index in [1.807, 2.05) is 12.1 Å². The van der Waals surface area contributed by atoms with Gasteiger partial charge in [0.1, 0.15) is 5.75 Å². The van der Waals surface area contributed by atoms with E-state index >= 15 is 0 Å². The third-order valence-electron chi connectivity index (χ3n) is 6.91. The van der Waals surface area contributed by atoms with Gasteiger partial charge in [0.25, 0.3) is 0 Å². The number of rotatable bonds is 7. The molecule has 1 saturated heterocycles. The number of fused-ring (bicyclic) bond motifs is 4. The molecule has 0 radical (unpaired) electrons. The van der Waals surface area contributed by atoms with Crippen LogP contribution in [-0.2, 0) is 11.8 Å². The molecule has 3 atom stereocenters. The van der Waals surface area contributed by atoms with Crippen LogP contribution >= 0.6 is 0 Å². The van der Waals surface area contributed by atoms with E-state index in [9.17, 15) is 5.11 Å². The molecular formula is C22H35NO. The second kappa shape index (κ2) is 7.47. The summed E-state index contributed by atoms with van der Waals surface area (Å²) >= 11 is 0. The van der Waals surface area contributed by atoms with Crippen molar-refractivity contribution in [2.45, 2.75) is 83.6 Å². The number of hydrogen-bond acceptors (Lipinski definition) is 2. The molecule has 1 heterocycles. The van der Waals surface area contributed by atoms with Crippen molar-refractivity contribution >= 4 is 0 Å². The summed E-state index contributed by atoms with van der Waals surface area (Å²) in [6, 6.07) is 6.74. The Labute approximate surface area is 148 Å². The Bertz CT molecular complexity index is 555. The number of piperidine rings is 1. The number of likely N-dealkylation sites (tertiary alicyclic amines) is 1. The SMILES string of the molecule is CCCCCCCCN1CC[C@@]2(C)c3cc(O)ccc3C[C@@H]1[C@H]2C. The second-order valence-corrected chi connectivity index (χ2v) is 8.37. The van der Waals surface area contributed by atoms with Gasteiger partial charge >= 0.3 is 0 Å². The molecule has 1 aromatic carbocycles. The van der Waals surface area contributed by atoms with Crippen LogP contribution in [0.3, 0.4) is 0 Å². The molecule has 0 unspecified atom stereocenters. The van der Waals surface area contributed by atoms with E-state index in [4.69, 9.17) is 0 Å². The van der Waals surface area contributed by atoms with Crippen molar-refractivity contribution in [3.63, 3.8) is 0 Å². The quantitative estimate of drug-likeness (QED) is 0.688. The summed E-state index contributed by atoms with van der Waals surface area (Å²) < 4.78 is 0. The van der Waals surface area contributed by atoms with Crippen LogP contribution in [0.2, 0.25) is 0 Å². The molecule has 1 aromatic rings. The summed E-state index contributed by atoms with van der Waals surface area (Å²) in [7, 11) is 0. The number of unbranched alkanes of at least 4 members (excludes halogenated alkanes) is 5. The lowest BCUT2D eigenvalue weighted by molar-refractivity contribution is 0.0302. The average Bonchev–Trinajstić information content (AvgIpc) is 2.56. The predicted molar refractivity (Wildman–Crippen MR) is 102 cm³/mol. The zero-order chi connectivity index (χ0) is 17.2. The number of benzene rings is 1. The van der Waals surface area contributed by atoms with E-state index in [0.717, 1.165) is 6.42 Å². The molecule has 0 amide bonds. The Morgan fingerprint density at radius 1 is 1.17 bits per heavy atom. The van der Waals surface area contributed by atoms with Gasteiger partial charge in [0.05, 0.1) is 0 Å². The first-order chi connectivity index (χ1) is 11.6. The summed E-state index contributed by atoms with van der Waals surface area (Å²) in [5.74, 6) is 1.09. The molecule has 1 N–H and O–H groups in total. The molecule has 2 heteroatoms. The molecule has 2 nitrogen and oxygen atoms in total. The van der Waals surface area contributed by atoms with E-state index < -0.39 is 0 Å². The monoisotopic (exact) mass is 329 g/mol. The number of aromatic hydroxyl groups is 1. The maximum Gasteiger partial charge on any atom is 0.115 e. The highest BCUT2D eigenvalue weighted by molar-refractivity contribution is 5.44. The molecule has 24 heavy (non-hydrogen) atoms. The van der Waals surface area contributed by atoms with Crippen LogP contribution in [0.1, 0.15) is 76.8 Å². The van der Waals surface area contributed by atoms with Crippen LogP contribution in [0.4, 0.5) is 0 Å². The first kappa shape index (κ1) is 17.8. The van der Waals surface area contributed by atoms with Crippen molar-refractivity contribution in [3.8, 4) is 5.75 Å². The van der Waals surface area contributed by atoms with E-state index in [-0.39, 0.29) is 5.41 Å². The van der Waals surface area contributed by atoms with E-state index in [1.165, 1.54) is 69.2 Å². The van der Waals surface area contributed by atoms with Gasteiger partial charge in [-0.1, -0.05) is 58.9 Å². The van der Waals surface area contributed by atoms with Gasteiger partial charge in [-0.05, 0) is 66.9 Å². The fraction of sp³-hybridized carbons (Fsp3) is 0.727. The highest BCUT2D eigenvalue weighted by Gasteiger charge is 2.48. The molecule has 134 valence electrons. The molecule has 0 saturated carbocycles. The summed E-state index contributed by atoms with van der Waals surface area (Å²) in [5, 5.41) is 9.93. The molecule has 1 fully saturated rings. The lowest BCUT2D eigenvalue weighted by atomic mass is 9.59. The molecule has 2 bridgehead atoms. The summed E-state index contributed by atoms with van der Waals surface area (Å²) in [6.45, 7) is 9.63. The minimum Gasteiger partial charge on any atom is -0.508 e. The minimum atomic E-state index is 0.231. The van der Waals surface area contributed by atoms with Crippen molar-refractivity contribution < 1.29 is 5.11 Å². The van der Waals surface area contributed by atoms with Crippen LogP contribution in [0.5, 0.6) is 5.75 Å². The van der Waals surface area contributed by atoms with E-state index in [0.29, 0.717) is 17.7 Å². The molecule has 2 aliphatic rings. The van der Waals surface area contributed by atoms with E-state index in [2.05, 4.69) is 31.7 Å². The zero-order valence-corrected chi connectivity index (χ0v) is 15.9. The van der Waals surface area contributed by atoms with Gasteiger partial charge in [0.2, 0.25) is 0 Å². The Hall–Kier alpha value is -1.02. The molecule has 3 rings (SSSR count). The van der Waals surface area contributed by atoms with Gasteiger partial charge < -0.3 is 5.11 Å². The number of hydrogen-bond donors (Lipinski definition) is 1. The number of phenols is 1. The highest BCUT2D eigenvalue weighted by Crippen LogP contribution is 2.49. The Balaban J connectivity index is 1.64. The first-order valence-electron chi connectivity index (χ1n) is 10.1. The topological polar surface area (TPSA) is 23.5 Å². The molecule has 1 aliphatic heterocycles.